The second-order valence-electron chi connectivity index (χ2n) is 4.99. The van der Waals surface area contributed by atoms with Gasteiger partial charge in [0.05, 0.1) is 13.2 Å². The third-order valence-corrected chi connectivity index (χ3v) is 3.43. The topological polar surface area (TPSA) is 82.7 Å². The van der Waals surface area contributed by atoms with Gasteiger partial charge >= 0.3 is 6.03 Å². The van der Waals surface area contributed by atoms with Crippen LogP contribution < -0.4 is 16.0 Å². The Kier molecular flexibility index (Phi) is 6.17. The van der Waals surface area contributed by atoms with Gasteiger partial charge in [0.25, 0.3) is 5.91 Å². The molecule has 1 aliphatic rings. The second-order valence-corrected chi connectivity index (χ2v) is 4.99. The van der Waals surface area contributed by atoms with Crippen molar-refractivity contribution in [3.63, 3.8) is 0 Å². The third-order valence-electron chi connectivity index (χ3n) is 3.43. The first-order valence-corrected chi connectivity index (χ1v) is 7.36. The van der Waals surface area contributed by atoms with Gasteiger partial charge in [0.15, 0.2) is 0 Å². The second kappa shape index (κ2) is 8.35. The summed E-state index contributed by atoms with van der Waals surface area (Å²) in [4.78, 5) is 25.6. The minimum atomic E-state index is -0.276. The van der Waals surface area contributed by atoms with Crippen LogP contribution in [-0.4, -0.2) is 63.3 Å². The minimum Gasteiger partial charge on any atom is -0.379 e. The van der Waals surface area contributed by atoms with E-state index >= 15 is 0 Å². The van der Waals surface area contributed by atoms with E-state index in [0.717, 1.165) is 32.8 Å². The highest BCUT2D eigenvalue weighted by atomic mass is 16.5. The molecule has 1 aliphatic heterocycles. The van der Waals surface area contributed by atoms with Crippen molar-refractivity contribution in [2.75, 3.05) is 51.8 Å². The van der Waals surface area contributed by atoms with E-state index in [2.05, 4.69) is 20.9 Å². The molecule has 1 heterocycles. The number of morpholine rings is 1. The molecule has 0 aliphatic carbocycles. The first-order chi connectivity index (χ1) is 10.7. The Bertz CT molecular complexity index is 515. The normalized spacial score (nSPS) is 15.1. The predicted octanol–water partition coefficient (Wildman–Crippen LogP) is 0.500. The van der Waals surface area contributed by atoms with Crippen molar-refractivity contribution in [2.45, 2.75) is 0 Å². The monoisotopic (exact) mass is 306 g/mol. The van der Waals surface area contributed by atoms with E-state index in [9.17, 15) is 9.59 Å². The SMILES string of the molecule is CNC(=O)c1cccc(NC(=O)NCCN2CCOCC2)c1. The van der Waals surface area contributed by atoms with Crippen LogP contribution in [0.5, 0.6) is 0 Å². The molecule has 0 unspecified atom stereocenters. The van der Waals surface area contributed by atoms with E-state index in [1.807, 2.05) is 0 Å². The van der Waals surface area contributed by atoms with Crippen LogP contribution in [0.4, 0.5) is 10.5 Å². The summed E-state index contributed by atoms with van der Waals surface area (Å²) in [7, 11) is 1.57. The average Bonchev–Trinajstić information content (AvgIpc) is 2.55. The molecule has 7 nitrogen and oxygen atoms in total. The Morgan fingerprint density at radius 1 is 1.27 bits per heavy atom. The number of nitrogens with one attached hydrogen (secondary N) is 3. The van der Waals surface area contributed by atoms with Crippen molar-refractivity contribution in [3.8, 4) is 0 Å². The molecule has 7 heteroatoms. The number of carbonyl (C=O) groups excluding carboxylic acids is 2. The zero-order valence-electron chi connectivity index (χ0n) is 12.7. The van der Waals surface area contributed by atoms with Gasteiger partial charge in [-0.15, -0.1) is 0 Å². The molecule has 1 saturated heterocycles. The van der Waals surface area contributed by atoms with E-state index < -0.39 is 0 Å². The molecule has 0 bridgehead atoms. The van der Waals surface area contributed by atoms with Crippen LogP contribution in [0.25, 0.3) is 0 Å². The summed E-state index contributed by atoms with van der Waals surface area (Å²) >= 11 is 0. The largest absolute Gasteiger partial charge is 0.379 e. The summed E-state index contributed by atoms with van der Waals surface area (Å²) in [6.07, 6.45) is 0. The molecule has 2 rings (SSSR count). The number of amides is 3. The smallest absolute Gasteiger partial charge is 0.319 e. The lowest BCUT2D eigenvalue weighted by Gasteiger charge is -2.26. The molecule has 3 amide bonds. The highest BCUT2D eigenvalue weighted by Crippen LogP contribution is 2.10. The van der Waals surface area contributed by atoms with Crippen LogP contribution in [0, 0.1) is 0 Å². The van der Waals surface area contributed by atoms with Crippen LogP contribution in [0.15, 0.2) is 24.3 Å². The molecule has 0 spiro atoms. The van der Waals surface area contributed by atoms with Crippen molar-refractivity contribution in [1.29, 1.82) is 0 Å². The lowest BCUT2D eigenvalue weighted by atomic mass is 10.2. The molecule has 0 aromatic heterocycles. The maximum Gasteiger partial charge on any atom is 0.319 e. The van der Waals surface area contributed by atoms with E-state index in [4.69, 9.17) is 4.74 Å². The van der Waals surface area contributed by atoms with Gasteiger partial charge in [0, 0.05) is 44.5 Å². The third kappa shape index (κ3) is 5.01. The number of hydrogen-bond acceptors (Lipinski definition) is 4. The van der Waals surface area contributed by atoms with Gasteiger partial charge in [0.2, 0.25) is 0 Å². The maximum absolute atomic E-state index is 11.8. The van der Waals surface area contributed by atoms with Crippen LogP contribution in [0.3, 0.4) is 0 Å². The predicted molar refractivity (Wildman–Crippen MR) is 84.1 cm³/mol. The number of hydrogen-bond donors (Lipinski definition) is 3. The number of anilines is 1. The van der Waals surface area contributed by atoms with E-state index in [0.29, 0.717) is 17.8 Å². The zero-order valence-corrected chi connectivity index (χ0v) is 12.7. The highest BCUT2D eigenvalue weighted by molar-refractivity contribution is 5.96. The Morgan fingerprint density at radius 3 is 2.77 bits per heavy atom. The van der Waals surface area contributed by atoms with E-state index in [1.54, 1.807) is 31.3 Å². The highest BCUT2D eigenvalue weighted by Gasteiger charge is 2.10. The van der Waals surface area contributed by atoms with Gasteiger partial charge in [-0.1, -0.05) is 6.07 Å². The van der Waals surface area contributed by atoms with Gasteiger partial charge < -0.3 is 20.7 Å². The average molecular weight is 306 g/mol. The standard InChI is InChI=1S/C15H22N4O3/c1-16-14(20)12-3-2-4-13(11-12)18-15(21)17-5-6-19-7-9-22-10-8-19/h2-4,11H,5-10H2,1H3,(H,16,20)(H2,17,18,21). The number of benzene rings is 1. The summed E-state index contributed by atoms with van der Waals surface area (Å²) in [6.45, 7) is 4.67. The van der Waals surface area contributed by atoms with Gasteiger partial charge in [-0.25, -0.2) is 4.79 Å². The Labute approximate surface area is 130 Å². The Hall–Kier alpha value is -2.12. The molecule has 0 atom stereocenters. The Morgan fingerprint density at radius 2 is 2.05 bits per heavy atom. The summed E-state index contributed by atoms with van der Waals surface area (Å²) in [5.41, 5.74) is 1.10. The summed E-state index contributed by atoms with van der Waals surface area (Å²) in [5.74, 6) is -0.184. The number of carbonyl (C=O) groups is 2. The van der Waals surface area contributed by atoms with Crippen LogP contribution in [0.2, 0.25) is 0 Å². The fraction of sp³-hybridized carbons (Fsp3) is 0.467. The number of nitrogens with zero attached hydrogens (tertiary/aromatic N) is 1. The molecule has 0 saturated carbocycles. The lowest BCUT2D eigenvalue weighted by Crippen LogP contribution is -2.42. The van der Waals surface area contributed by atoms with E-state index in [-0.39, 0.29) is 11.9 Å². The van der Waals surface area contributed by atoms with Crippen molar-refractivity contribution < 1.29 is 14.3 Å². The minimum absolute atomic E-state index is 0.184. The van der Waals surface area contributed by atoms with Crippen molar-refractivity contribution in [3.05, 3.63) is 29.8 Å². The first kappa shape index (κ1) is 16.3. The Balaban J connectivity index is 1.75. The molecule has 0 radical (unpaired) electrons. The number of urea groups is 1. The first-order valence-electron chi connectivity index (χ1n) is 7.36. The summed E-state index contributed by atoms with van der Waals surface area (Å²) in [5, 5.41) is 8.08. The number of rotatable bonds is 5. The summed E-state index contributed by atoms with van der Waals surface area (Å²) < 4.78 is 5.27. The van der Waals surface area contributed by atoms with Gasteiger partial charge in [-0.05, 0) is 18.2 Å². The molecular weight excluding hydrogens is 284 g/mol. The van der Waals surface area contributed by atoms with Gasteiger partial charge in [0.1, 0.15) is 0 Å². The molecule has 120 valence electrons. The quantitative estimate of drug-likeness (QED) is 0.740. The molecule has 3 N–H and O–H groups in total. The van der Waals surface area contributed by atoms with Gasteiger partial charge in [-0.3, -0.25) is 9.69 Å². The van der Waals surface area contributed by atoms with Gasteiger partial charge in [-0.2, -0.15) is 0 Å². The van der Waals surface area contributed by atoms with Crippen LogP contribution in [0.1, 0.15) is 10.4 Å². The summed E-state index contributed by atoms with van der Waals surface area (Å²) in [6, 6.07) is 6.53. The molecule has 1 aromatic carbocycles. The van der Waals surface area contributed by atoms with E-state index in [1.165, 1.54) is 0 Å². The fourth-order valence-electron chi connectivity index (χ4n) is 2.21. The van der Waals surface area contributed by atoms with Crippen molar-refractivity contribution in [2.24, 2.45) is 0 Å². The van der Waals surface area contributed by atoms with Crippen LogP contribution >= 0.6 is 0 Å². The maximum atomic E-state index is 11.8. The van der Waals surface area contributed by atoms with Crippen molar-refractivity contribution in [1.82, 2.24) is 15.5 Å². The molecule has 1 fully saturated rings. The molecule has 1 aromatic rings. The lowest BCUT2D eigenvalue weighted by molar-refractivity contribution is 0.0388. The van der Waals surface area contributed by atoms with Crippen LogP contribution in [-0.2, 0) is 4.74 Å². The number of ether oxygens (including phenoxy) is 1. The molecular formula is C15H22N4O3. The zero-order chi connectivity index (χ0) is 15.8. The fourth-order valence-corrected chi connectivity index (χ4v) is 2.21. The van der Waals surface area contributed by atoms with Crippen molar-refractivity contribution >= 4 is 17.6 Å². The molecule has 22 heavy (non-hydrogen) atoms.